The summed E-state index contributed by atoms with van der Waals surface area (Å²) in [6, 6.07) is 22.4. The number of hydrogen-bond donors (Lipinski definition) is 0. The first-order valence-electron chi connectivity index (χ1n) is 11.7. The summed E-state index contributed by atoms with van der Waals surface area (Å²) in [4.78, 5) is 2.52. The summed E-state index contributed by atoms with van der Waals surface area (Å²) in [5, 5.41) is 2.75. The normalized spacial score (nSPS) is 17.8. The molecule has 1 saturated heterocycles. The molecule has 0 saturated carbocycles. The molecule has 0 amide bonds. The zero-order valence-electron chi connectivity index (χ0n) is 18.4. The number of nitrogens with zero attached hydrogens (tertiary/aromatic N) is 1. The van der Waals surface area contributed by atoms with Gasteiger partial charge in [-0.15, -0.1) is 0 Å². The summed E-state index contributed by atoms with van der Waals surface area (Å²) in [6.45, 7) is 7.18. The quantitative estimate of drug-likeness (QED) is 0.464. The van der Waals surface area contributed by atoms with Gasteiger partial charge in [-0.05, 0) is 63.1 Å². The first-order chi connectivity index (χ1) is 15.3. The fourth-order valence-corrected chi connectivity index (χ4v) is 4.95. The van der Waals surface area contributed by atoms with Crippen LogP contribution in [0.15, 0.2) is 66.7 Å². The van der Waals surface area contributed by atoms with E-state index < -0.39 is 0 Å². The Balaban J connectivity index is 1.49. The van der Waals surface area contributed by atoms with Gasteiger partial charge >= 0.3 is 0 Å². The van der Waals surface area contributed by atoms with Gasteiger partial charge in [0.05, 0.1) is 13.2 Å². The second kappa shape index (κ2) is 9.21. The Kier molecular flexibility index (Phi) is 6.01. The maximum absolute atomic E-state index is 5.50. The van der Waals surface area contributed by atoms with Crippen LogP contribution in [0, 0.1) is 0 Å². The molecule has 0 N–H and O–H groups in total. The smallest absolute Gasteiger partial charge is 0.0594 e. The Morgan fingerprint density at radius 3 is 2.39 bits per heavy atom. The molecule has 3 aromatic carbocycles. The van der Waals surface area contributed by atoms with Gasteiger partial charge in [0.1, 0.15) is 0 Å². The van der Waals surface area contributed by atoms with Crippen LogP contribution in [0.25, 0.3) is 28.0 Å². The van der Waals surface area contributed by atoms with Crippen molar-refractivity contribution in [2.45, 2.75) is 26.2 Å². The number of rotatable bonds is 6. The molecule has 2 heteroatoms. The molecule has 1 aliphatic carbocycles. The lowest BCUT2D eigenvalue weighted by atomic mass is 9.95. The molecule has 0 atom stereocenters. The summed E-state index contributed by atoms with van der Waals surface area (Å²) in [7, 11) is 0. The van der Waals surface area contributed by atoms with Gasteiger partial charge in [-0.25, -0.2) is 0 Å². The van der Waals surface area contributed by atoms with Crippen LogP contribution in [0.5, 0.6) is 0 Å². The van der Waals surface area contributed by atoms with Crippen LogP contribution in [0.4, 0.5) is 0 Å². The van der Waals surface area contributed by atoms with Gasteiger partial charge in [-0.1, -0.05) is 80.1 Å². The van der Waals surface area contributed by atoms with Gasteiger partial charge in [-0.2, -0.15) is 0 Å². The van der Waals surface area contributed by atoms with E-state index in [2.05, 4.69) is 84.6 Å². The van der Waals surface area contributed by atoms with E-state index in [0.717, 1.165) is 45.7 Å². The monoisotopic (exact) mass is 409 g/mol. The minimum absolute atomic E-state index is 0.863. The molecule has 31 heavy (non-hydrogen) atoms. The SMILES string of the molecule is CCCc1ccc(C=C2C=C(CCN3CCOCC3)c3ccccc32)c2ccccc12. The van der Waals surface area contributed by atoms with E-state index >= 15 is 0 Å². The second-order valence-electron chi connectivity index (χ2n) is 8.63. The van der Waals surface area contributed by atoms with Gasteiger partial charge < -0.3 is 4.74 Å². The molecule has 3 aromatic rings. The number of hydrogen-bond acceptors (Lipinski definition) is 2. The minimum atomic E-state index is 0.863. The highest BCUT2D eigenvalue weighted by atomic mass is 16.5. The molecule has 2 nitrogen and oxygen atoms in total. The molecule has 1 heterocycles. The van der Waals surface area contributed by atoms with E-state index in [-0.39, 0.29) is 0 Å². The number of benzene rings is 3. The molecule has 0 unspecified atom stereocenters. The van der Waals surface area contributed by atoms with Crippen molar-refractivity contribution in [1.82, 2.24) is 4.90 Å². The highest BCUT2D eigenvalue weighted by Gasteiger charge is 2.19. The zero-order chi connectivity index (χ0) is 21.0. The fraction of sp³-hybridized carbons (Fsp3) is 0.310. The lowest BCUT2D eigenvalue weighted by Crippen LogP contribution is -2.36. The maximum atomic E-state index is 5.50. The zero-order valence-corrected chi connectivity index (χ0v) is 18.4. The lowest BCUT2D eigenvalue weighted by molar-refractivity contribution is 0.0390. The first kappa shape index (κ1) is 20.2. The van der Waals surface area contributed by atoms with Crippen molar-refractivity contribution in [3.63, 3.8) is 0 Å². The van der Waals surface area contributed by atoms with Crippen LogP contribution in [-0.2, 0) is 11.2 Å². The van der Waals surface area contributed by atoms with Crippen LogP contribution >= 0.6 is 0 Å². The Morgan fingerprint density at radius 2 is 1.58 bits per heavy atom. The molecule has 0 radical (unpaired) electrons. The molecule has 0 spiro atoms. The van der Waals surface area contributed by atoms with E-state index in [0.29, 0.717) is 0 Å². The molecule has 0 aromatic heterocycles. The van der Waals surface area contributed by atoms with E-state index in [1.54, 1.807) is 0 Å². The third-order valence-electron chi connectivity index (χ3n) is 6.59. The third kappa shape index (κ3) is 4.23. The van der Waals surface area contributed by atoms with Crippen LogP contribution in [0.1, 0.15) is 42.0 Å². The molecule has 1 aliphatic heterocycles. The molecular weight excluding hydrogens is 378 g/mol. The molecule has 1 fully saturated rings. The molecule has 158 valence electrons. The van der Waals surface area contributed by atoms with Gasteiger partial charge in [0.25, 0.3) is 0 Å². The van der Waals surface area contributed by atoms with Crippen molar-refractivity contribution >= 4 is 28.0 Å². The summed E-state index contributed by atoms with van der Waals surface area (Å²) in [6.07, 6.45) is 8.20. The number of ether oxygens (including phenoxy) is 1. The Morgan fingerprint density at radius 1 is 0.839 bits per heavy atom. The minimum Gasteiger partial charge on any atom is -0.379 e. The fourth-order valence-electron chi connectivity index (χ4n) is 4.95. The Hall–Kier alpha value is -2.68. The van der Waals surface area contributed by atoms with Gasteiger partial charge in [0.2, 0.25) is 0 Å². The predicted molar refractivity (Wildman–Crippen MR) is 132 cm³/mol. The Bertz CT molecular complexity index is 1130. The summed E-state index contributed by atoms with van der Waals surface area (Å²) >= 11 is 0. The summed E-state index contributed by atoms with van der Waals surface area (Å²) in [5.74, 6) is 0. The van der Waals surface area contributed by atoms with Crippen molar-refractivity contribution in [3.8, 4) is 0 Å². The highest BCUT2D eigenvalue weighted by molar-refractivity contribution is 6.05. The number of fused-ring (bicyclic) bond motifs is 2. The lowest BCUT2D eigenvalue weighted by Gasteiger charge is -2.26. The number of allylic oxidation sites excluding steroid dienone is 2. The summed E-state index contributed by atoms with van der Waals surface area (Å²) in [5.41, 5.74) is 8.32. The molecular formula is C29H31NO. The summed E-state index contributed by atoms with van der Waals surface area (Å²) < 4.78 is 5.50. The average Bonchev–Trinajstić information content (AvgIpc) is 3.17. The molecule has 5 rings (SSSR count). The van der Waals surface area contributed by atoms with E-state index in [9.17, 15) is 0 Å². The van der Waals surface area contributed by atoms with Crippen molar-refractivity contribution in [3.05, 3.63) is 89.0 Å². The van der Waals surface area contributed by atoms with Crippen molar-refractivity contribution in [1.29, 1.82) is 0 Å². The topological polar surface area (TPSA) is 12.5 Å². The highest BCUT2D eigenvalue weighted by Crippen LogP contribution is 2.39. The van der Waals surface area contributed by atoms with Crippen LogP contribution in [-0.4, -0.2) is 37.7 Å². The first-order valence-corrected chi connectivity index (χ1v) is 11.7. The number of aryl methyl sites for hydroxylation is 1. The third-order valence-corrected chi connectivity index (χ3v) is 6.59. The van der Waals surface area contributed by atoms with Crippen molar-refractivity contribution < 1.29 is 4.74 Å². The van der Waals surface area contributed by atoms with Crippen LogP contribution < -0.4 is 0 Å². The second-order valence-corrected chi connectivity index (χ2v) is 8.63. The van der Waals surface area contributed by atoms with E-state index in [1.165, 1.54) is 50.6 Å². The maximum Gasteiger partial charge on any atom is 0.0594 e. The number of morpholine rings is 1. The average molecular weight is 410 g/mol. The largest absolute Gasteiger partial charge is 0.379 e. The standard InChI is InChI=1S/C29H31NO/c1-2-7-22-12-13-23(27-9-4-3-8-26(22)27)20-25-21-24(28-10-5-6-11-29(25)28)14-15-30-16-18-31-19-17-30/h3-6,8-13,20-21H,2,7,14-19H2,1H3. The molecule has 2 aliphatic rings. The van der Waals surface area contributed by atoms with E-state index in [1.807, 2.05) is 0 Å². The van der Waals surface area contributed by atoms with Gasteiger partial charge in [0.15, 0.2) is 0 Å². The van der Waals surface area contributed by atoms with Gasteiger partial charge in [-0.3, -0.25) is 4.90 Å². The van der Waals surface area contributed by atoms with Crippen molar-refractivity contribution in [2.24, 2.45) is 0 Å². The van der Waals surface area contributed by atoms with Crippen molar-refractivity contribution in [2.75, 3.05) is 32.8 Å². The predicted octanol–water partition coefficient (Wildman–Crippen LogP) is 6.45. The Labute approximate surface area is 185 Å². The molecule has 0 bridgehead atoms. The van der Waals surface area contributed by atoms with Gasteiger partial charge in [0, 0.05) is 19.6 Å². The van der Waals surface area contributed by atoms with Crippen LogP contribution in [0.2, 0.25) is 0 Å². The van der Waals surface area contributed by atoms with E-state index in [4.69, 9.17) is 4.74 Å². The van der Waals surface area contributed by atoms with Crippen LogP contribution in [0.3, 0.4) is 0 Å².